The Kier molecular flexibility index (Phi) is 0.411. The van der Waals surface area contributed by atoms with E-state index in [1.54, 1.807) is 0 Å². The molecule has 0 saturated heterocycles. The third-order valence-electron chi connectivity index (χ3n) is 0.753. The van der Waals surface area contributed by atoms with Gasteiger partial charge in [-0.1, -0.05) is 0 Å². The van der Waals surface area contributed by atoms with Gasteiger partial charge in [-0.3, -0.25) is 0 Å². The molecule has 0 aromatic carbocycles. The average molecular weight is 69.1 g/mol. The molecule has 0 radical (unpaired) electrons. The van der Waals surface area contributed by atoms with Gasteiger partial charge in [0.05, 0.1) is 0 Å². The monoisotopic (exact) mass is 69.1 g/mol. The Morgan fingerprint density at radius 1 is 1.80 bits per heavy atom. The van der Waals surface area contributed by atoms with Crippen molar-refractivity contribution in [3.63, 3.8) is 0 Å². The van der Waals surface area contributed by atoms with Crippen LogP contribution in [-0.2, 0) is 0 Å². The SMILES string of the molecule is CN1C=CC1. The van der Waals surface area contributed by atoms with Crippen LogP contribution < -0.4 is 0 Å². The molecule has 0 saturated carbocycles. The van der Waals surface area contributed by atoms with Crippen molar-refractivity contribution in [2.24, 2.45) is 0 Å². The van der Waals surface area contributed by atoms with Gasteiger partial charge in [-0.2, -0.15) is 0 Å². The van der Waals surface area contributed by atoms with Crippen LogP contribution in [0.2, 0.25) is 0 Å². The van der Waals surface area contributed by atoms with E-state index in [9.17, 15) is 0 Å². The van der Waals surface area contributed by atoms with Crippen molar-refractivity contribution in [1.29, 1.82) is 0 Å². The van der Waals surface area contributed by atoms with E-state index in [0.717, 1.165) is 6.54 Å². The highest BCUT2D eigenvalue weighted by atomic mass is 15.1. The molecule has 0 aromatic rings. The summed E-state index contributed by atoms with van der Waals surface area (Å²) >= 11 is 0. The van der Waals surface area contributed by atoms with Crippen LogP contribution in [0, 0.1) is 0 Å². The smallest absolute Gasteiger partial charge is 0.0367 e. The lowest BCUT2D eigenvalue weighted by molar-refractivity contribution is 0.459. The maximum absolute atomic E-state index is 2.12. The third-order valence-corrected chi connectivity index (χ3v) is 0.753. The fraction of sp³-hybridized carbons (Fsp3) is 0.500. The summed E-state index contributed by atoms with van der Waals surface area (Å²) in [4.78, 5) is 2.12. The van der Waals surface area contributed by atoms with Gasteiger partial charge in [-0.15, -0.1) is 0 Å². The summed E-state index contributed by atoms with van der Waals surface area (Å²) in [5.74, 6) is 0. The highest BCUT2D eigenvalue weighted by Gasteiger charge is 1.91. The Labute approximate surface area is 31.9 Å². The number of rotatable bonds is 0. The molecule has 1 aliphatic rings. The Morgan fingerprint density at radius 2 is 2.20 bits per heavy atom. The van der Waals surface area contributed by atoms with Gasteiger partial charge in [0.2, 0.25) is 0 Å². The summed E-state index contributed by atoms with van der Waals surface area (Å²) in [6, 6.07) is 0. The van der Waals surface area contributed by atoms with E-state index in [1.807, 2.05) is 0 Å². The predicted molar refractivity (Wildman–Crippen MR) is 21.8 cm³/mol. The fourth-order valence-corrected chi connectivity index (χ4v) is 0.316. The Hall–Kier alpha value is -0.460. The van der Waals surface area contributed by atoms with Gasteiger partial charge in [-0.25, -0.2) is 0 Å². The molecule has 0 aromatic heterocycles. The van der Waals surface area contributed by atoms with Crippen LogP contribution in [0.25, 0.3) is 0 Å². The minimum Gasteiger partial charge on any atom is -0.377 e. The molecule has 1 nitrogen and oxygen atoms in total. The molecule has 0 aliphatic carbocycles. The Bertz CT molecular complexity index is 56.7. The maximum Gasteiger partial charge on any atom is 0.0367 e. The highest BCUT2D eigenvalue weighted by molar-refractivity contribution is 4.94. The van der Waals surface area contributed by atoms with Gasteiger partial charge < -0.3 is 4.90 Å². The zero-order valence-corrected chi connectivity index (χ0v) is 3.31. The summed E-state index contributed by atoms with van der Waals surface area (Å²) < 4.78 is 0. The molecule has 1 aliphatic heterocycles. The van der Waals surface area contributed by atoms with Crippen LogP contribution in [0.5, 0.6) is 0 Å². The molecule has 0 spiro atoms. The molecule has 0 amide bonds. The summed E-state index contributed by atoms with van der Waals surface area (Å²) in [6.07, 6.45) is 4.18. The molecule has 0 atom stereocenters. The second-order valence-corrected chi connectivity index (χ2v) is 1.32. The van der Waals surface area contributed by atoms with E-state index in [1.165, 1.54) is 0 Å². The number of hydrogen-bond donors (Lipinski definition) is 0. The summed E-state index contributed by atoms with van der Waals surface area (Å²) in [6.45, 7) is 1.14. The van der Waals surface area contributed by atoms with Crippen LogP contribution in [-0.4, -0.2) is 18.5 Å². The minimum absolute atomic E-state index is 1.14. The number of hydrogen-bond acceptors (Lipinski definition) is 1. The van der Waals surface area contributed by atoms with E-state index in [4.69, 9.17) is 0 Å². The Balaban J connectivity index is 2.39. The van der Waals surface area contributed by atoms with Crippen molar-refractivity contribution in [2.45, 2.75) is 0 Å². The minimum atomic E-state index is 1.14. The first-order chi connectivity index (χ1) is 2.39. The average Bonchev–Trinajstić information content (AvgIpc) is 1.30. The molecule has 0 unspecified atom stereocenters. The quantitative estimate of drug-likeness (QED) is 0.399. The molecule has 0 bridgehead atoms. The van der Waals surface area contributed by atoms with Crippen LogP contribution in [0.15, 0.2) is 12.3 Å². The summed E-state index contributed by atoms with van der Waals surface area (Å²) in [5.41, 5.74) is 0. The van der Waals surface area contributed by atoms with Crippen molar-refractivity contribution in [2.75, 3.05) is 13.6 Å². The lowest BCUT2D eigenvalue weighted by Crippen LogP contribution is -2.17. The first-order valence-electron chi connectivity index (χ1n) is 1.76. The molecule has 28 valence electrons. The molecule has 1 heteroatoms. The van der Waals surface area contributed by atoms with Crippen molar-refractivity contribution in [3.05, 3.63) is 12.3 Å². The normalized spacial score (nSPS) is 19.0. The van der Waals surface area contributed by atoms with Gasteiger partial charge >= 0.3 is 0 Å². The lowest BCUT2D eigenvalue weighted by atomic mass is 10.4. The van der Waals surface area contributed by atoms with Crippen LogP contribution >= 0.6 is 0 Å². The van der Waals surface area contributed by atoms with E-state index in [2.05, 4.69) is 24.2 Å². The molecule has 0 fully saturated rings. The van der Waals surface area contributed by atoms with Crippen molar-refractivity contribution in [1.82, 2.24) is 4.90 Å². The standard InChI is InChI=1S/C4H7N/c1-5-3-2-4-5/h2-3H,4H2,1H3. The van der Waals surface area contributed by atoms with Crippen molar-refractivity contribution >= 4 is 0 Å². The fourth-order valence-electron chi connectivity index (χ4n) is 0.316. The molecule has 1 rings (SSSR count). The largest absolute Gasteiger partial charge is 0.377 e. The molecule has 1 heterocycles. The maximum atomic E-state index is 2.12. The van der Waals surface area contributed by atoms with E-state index in [-0.39, 0.29) is 0 Å². The topological polar surface area (TPSA) is 3.24 Å². The van der Waals surface area contributed by atoms with E-state index >= 15 is 0 Å². The van der Waals surface area contributed by atoms with E-state index in [0.29, 0.717) is 0 Å². The zero-order valence-electron chi connectivity index (χ0n) is 3.31. The molecular weight excluding hydrogens is 62.1 g/mol. The van der Waals surface area contributed by atoms with Crippen LogP contribution in [0.4, 0.5) is 0 Å². The molecular formula is C4H7N. The van der Waals surface area contributed by atoms with Crippen molar-refractivity contribution < 1.29 is 0 Å². The first-order valence-corrected chi connectivity index (χ1v) is 1.76. The second kappa shape index (κ2) is 0.744. The Morgan fingerprint density at radius 3 is 2.20 bits per heavy atom. The van der Waals surface area contributed by atoms with Crippen molar-refractivity contribution in [3.8, 4) is 0 Å². The van der Waals surface area contributed by atoms with Gasteiger partial charge in [0.25, 0.3) is 0 Å². The van der Waals surface area contributed by atoms with Gasteiger partial charge in [-0.05, 0) is 12.3 Å². The second-order valence-electron chi connectivity index (χ2n) is 1.32. The molecule has 5 heavy (non-hydrogen) atoms. The highest BCUT2D eigenvalue weighted by Crippen LogP contribution is 1.93. The third kappa shape index (κ3) is 0.274. The summed E-state index contributed by atoms with van der Waals surface area (Å²) in [5, 5.41) is 0. The number of nitrogens with zero attached hydrogens (tertiary/aromatic N) is 1. The first kappa shape index (κ1) is 2.76. The molecule has 0 N–H and O–H groups in total. The van der Waals surface area contributed by atoms with Gasteiger partial charge in [0, 0.05) is 13.6 Å². The predicted octanol–water partition coefficient (Wildman–Crippen LogP) is 0.446. The van der Waals surface area contributed by atoms with Crippen LogP contribution in [0.1, 0.15) is 0 Å². The van der Waals surface area contributed by atoms with Gasteiger partial charge in [0.1, 0.15) is 0 Å². The number of likely N-dealkylation sites (N-methyl/N-ethyl adjacent to an activating group) is 1. The lowest BCUT2D eigenvalue weighted by Gasteiger charge is -2.17. The van der Waals surface area contributed by atoms with E-state index < -0.39 is 0 Å². The van der Waals surface area contributed by atoms with Crippen LogP contribution in [0.3, 0.4) is 0 Å². The zero-order chi connectivity index (χ0) is 3.70. The van der Waals surface area contributed by atoms with Gasteiger partial charge in [0.15, 0.2) is 0 Å². The summed E-state index contributed by atoms with van der Waals surface area (Å²) in [7, 11) is 2.06.